The van der Waals surface area contributed by atoms with E-state index in [4.69, 9.17) is 9.84 Å². The Bertz CT molecular complexity index is 321. The molecule has 0 saturated carbocycles. The summed E-state index contributed by atoms with van der Waals surface area (Å²) in [6.07, 6.45) is 6.32. The van der Waals surface area contributed by atoms with Crippen molar-refractivity contribution in [3.05, 3.63) is 29.5 Å². The lowest BCUT2D eigenvalue weighted by molar-refractivity contribution is 0.303. The molecule has 0 aliphatic rings. The molecule has 1 aromatic rings. The summed E-state index contributed by atoms with van der Waals surface area (Å²) < 4.78 is 5.00. The number of nitrogens with zero attached hydrogens (tertiary/aromatic N) is 1. The molecule has 0 aromatic carbocycles. The highest BCUT2D eigenvalue weighted by atomic mass is 16.5. The summed E-state index contributed by atoms with van der Waals surface area (Å²) >= 11 is 0. The molecule has 0 aliphatic heterocycles. The van der Waals surface area contributed by atoms with Crippen molar-refractivity contribution < 1.29 is 9.84 Å². The van der Waals surface area contributed by atoms with Crippen LogP contribution in [0.2, 0.25) is 0 Å². The summed E-state index contributed by atoms with van der Waals surface area (Å²) in [5.74, 6) is 0.627. The summed E-state index contributed by atoms with van der Waals surface area (Å²) in [6, 6.07) is 1.89. The molecule has 1 rings (SSSR count). The van der Waals surface area contributed by atoms with E-state index >= 15 is 0 Å². The number of aliphatic hydroxyl groups excluding tert-OH is 1. The molecule has 1 heterocycles. The molecule has 0 fully saturated rings. The van der Waals surface area contributed by atoms with Crippen LogP contribution in [0.25, 0.3) is 6.08 Å². The van der Waals surface area contributed by atoms with Crippen LogP contribution >= 0.6 is 0 Å². The van der Waals surface area contributed by atoms with Gasteiger partial charge in [-0.2, -0.15) is 0 Å². The van der Waals surface area contributed by atoms with E-state index in [0.29, 0.717) is 12.3 Å². The van der Waals surface area contributed by atoms with Gasteiger partial charge in [-0.3, -0.25) is 0 Å². The van der Waals surface area contributed by atoms with Gasteiger partial charge >= 0.3 is 0 Å². The van der Waals surface area contributed by atoms with Crippen LogP contribution in [0, 0.1) is 6.92 Å². The minimum absolute atomic E-state index is 0.180. The maximum absolute atomic E-state index is 8.61. The number of aliphatic hydroxyl groups is 1. The highest BCUT2D eigenvalue weighted by Gasteiger charge is 1.97. The molecular formula is C11H15NO2. The molecule has 76 valence electrons. The third-order valence-corrected chi connectivity index (χ3v) is 1.93. The summed E-state index contributed by atoms with van der Waals surface area (Å²) in [6.45, 7) is 2.18. The fourth-order valence-corrected chi connectivity index (χ4v) is 1.11. The van der Waals surface area contributed by atoms with Crippen molar-refractivity contribution in [3.8, 4) is 5.88 Å². The van der Waals surface area contributed by atoms with E-state index in [2.05, 4.69) is 4.98 Å². The second-order valence-corrected chi connectivity index (χ2v) is 3.00. The van der Waals surface area contributed by atoms with Crippen molar-refractivity contribution in [2.24, 2.45) is 0 Å². The predicted molar refractivity (Wildman–Crippen MR) is 56.3 cm³/mol. The molecule has 3 heteroatoms. The minimum Gasteiger partial charge on any atom is -0.481 e. The average molecular weight is 193 g/mol. The van der Waals surface area contributed by atoms with Crippen LogP contribution in [0.3, 0.4) is 0 Å². The zero-order valence-corrected chi connectivity index (χ0v) is 8.53. The molecule has 0 aliphatic carbocycles. The largest absolute Gasteiger partial charge is 0.481 e. The van der Waals surface area contributed by atoms with Gasteiger partial charge in [0.25, 0.3) is 0 Å². The van der Waals surface area contributed by atoms with Crippen LogP contribution in [0.4, 0.5) is 0 Å². The lowest BCUT2D eigenvalue weighted by Gasteiger charge is -2.02. The average Bonchev–Trinajstić information content (AvgIpc) is 2.20. The zero-order valence-electron chi connectivity index (χ0n) is 8.53. The topological polar surface area (TPSA) is 42.4 Å². The van der Waals surface area contributed by atoms with Gasteiger partial charge in [0.2, 0.25) is 5.88 Å². The third kappa shape index (κ3) is 2.85. The quantitative estimate of drug-likeness (QED) is 0.792. The second kappa shape index (κ2) is 5.40. The molecule has 0 bridgehead atoms. The van der Waals surface area contributed by atoms with Gasteiger partial charge in [-0.15, -0.1) is 0 Å². The van der Waals surface area contributed by atoms with Gasteiger partial charge in [0.15, 0.2) is 0 Å². The van der Waals surface area contributed by atoms with Crippen LogP contribution in [-0.4, -0.2) is 23.8 Å². The molecule has 0 amide bonds. The van der Waals surface area contributed by atoms with Gasteiger partial charge < -0.3 is 9.84 Å². The second-order valence-electron chi connectivity index (χ2n) is 3.00. The summed E-state index contributed by atoms with van der Waals surface area (Å²) in [5, 5.41) is 8.61. The first-order chi connectivity index (χ1) is 6.77. The van der Waals surface area contributed by atoms with E-state index in [1.165, 1.54) is 0 Å². The van der Waals surface area contributed by atoms with Gasteiger partial charge in [-0.1, -0.05) is 12.2 Å². The Labute approximate surface area is 84.1 Å². The van der Waals surface area contributed by atoms with Crippen molar-refractivity contribution in [1.29, 1.82) is 0 Å². The Balaban J connectivity index is 2.78. The Morgan fingerprint density at radius 2 is 2.36 bits per heavy atom. The molecule has 1 aromatic heterocycles. The van der Waals surface area contributed by atoms with Gasteiger partial charge in [0.1, 0.15) is 0 Å². The monoisotopic (exact) mass is 193 g/mol. The lowest BCUT2D eigenvalue weighted by atomic mass is 10.1. The van der Waals surface area contributed by atoms with Crippen LogP contribution in [0.15, 0.2) is 18.3 Å². The Morgan fingerprint density at radius 3 is 2.93 bits per heavy atom. The van der Waals surface area contributed by atoms with Crippen molar-refractivity contribution in [3.63, 3.8) is 0 Å². The minimum atomic E-state index is 0.180. The highest BCUT2D eigenvalue weighted by Crippen LogP contribution is 2.14. The van der Waals surface area contributed by atoms with Gasteiger partial charge in [-0.25, -0.2) is 4.98 Å². The molecule has 0 atom stereocenters. The van der Waals surface area contributed by atoms with E-state index < -0.39 is 0 Å². The molecule has 1 N–H and O–H groups in total. The predicted octanol–water partition coefficient (Wildman–Crippen LogP) is 1.79. The number of ether oxygens (including phenoxy) is 1. The van der Waals surface area contributed by atoms with Crippen LogP contribution in [0.5, 0.6) is 5.88 Å². The Morgan fingerprint density at radius 1 is 1.57 bits per heavy atom. The van der Waals surface area contributed by atoms with Gasteiger partial charge in [0.05, 0.1) is 7.11 Å². The van der Waals surface area contributed by atoms with Crippen LogP contribution in [-0.2, 0) is 0 Å². The standard InChI is InChI=1S/C11H15NO2/c1-9-7-11(14-2)12-8-10(9)5-3-4-6-13/h3,5,7-8,13H,4,6H2,1-2H3. The number of methoxy groups -OCH3 is 1. The first-order valence-corrected chi connectivity index (χ1v) is 4.56. The van der Waals surface area contributed by atoms with Crippen molar-refractivity contribution in [1.82, 2.24) is 4.98 Å². The SMILES string of the molecule is COc1cc(C)c(C=CCCO)cn1. The first-order valence-electron chi connectivity index (χ1n) is 4.56. The summed E-state index contributed by atoms with van der Waals surface area (Å²) in [4.78, 5) is 4.10. The lowest BCUT2D eigenvalue weighted by Crippen LogP contribution is -1.90. The number of aromatic nitrogens is 1. The van der Waals surface area contributed by atoms with Crippen molar-refractivity contribution >= 4 is 6.08 Å². The molecule has 0 saturated heterocycles. The maximum Gasteiger partial charge on any atom is 0.213 e. The molecule has 0 spiro atoms. The van der Waals surface area contributed by atoms with E-state index in [-0.39, 0.29) is 6.61 Å². The Hall–Kier alpha value is -1.35. The molecule has 0 radical (unpaired) electrons. The maximum atomic E-state index is 8.61. The number of hydrogen-bond donors (Lipinski definition) is 1. The van der Waals surface area contributed by atoms with Crippen molar-refractivity contribution in [2.75, 3.05) is 13.7 Å². The van der Waals surface area contributed by atoms with Crippen molar-refractivity contribution in [2.45, 2.75) is 13.3 Å². The van der Waals surface area contributed by atoms with E-state index in [1.54, 1.807) is 13.3 Å². The van der Waals surface area contributed by atoms with Gasteiger partial charge in [0, 0.05) is 18.9 Å². The normalized spacial score (nSPS) is 10.8. The fraction of sp³-hybridized carbons (Fsp3) is 0.364. The molecule has 0 unspecified atom stereocenters. The first kappa shape index (κ1) is 10.7. The van der Waals surface area contributed by atoms with Crippen LogP contribution in [0.1, 0.15) is 17.5 Å². The summed E-state index contributed by atoms with van der Waals surface area (Å²) in [7, 11) is 1.60. The Kier molecular flexibility index (Phi) is 4.13. The third-order valence-electron chi connectivity index (χ3n) is 1.93. The smallest absolute Gasteiger partial charge is 0.213 e. The molecule has 14 heavy (non-hydrogen) atoms. The van der Waals surface area contributed by atoms with E-state index in [0.717, 1.165) is 11.1 Å². The highest BCUT2D eigenvalue weighted by molar-refractivity contribution is 5.52. The zero-order chi connectivity index (χ0) is 10.4. The van der Waals surface area contributed by atoms with Crippen LogP contribution < -0.4 is 4.74 Å². The fourth-order valence-electron chi connectivity index (χ4n) is 1.11. The molecular weight excluding hydrogens is 178 g/mol. The number of aryl methyl sites for hydroxylation is 1. The molecule has 3 nitrogen and oxygen atoms in total. The van der Waals surface area contributed by atoms with E-state index in [1.807, 2.05) is 25.1 Å². The van der Waals surface area contributed by atoms with E-state index in [9.17, 15) is 0 Å². The number of hydrogen-bond acceptors (Lipinski definition) is 3. The summed E-state index contributed by atoms with van der Waals surface area (Å²) in [5.41, 5.74) is 2.17. The number of pyridine rings is 1. The van der Waals surface area contributed by atoms with Gasteiger partial charge in [-0.05, 0) is 24.5 Å². The number of rotatable bonds is 4.